The zero-order valence-corrected chi connectivity index (χ0v) is 15.7. The summed E-state index contributed by atoms with van der Waals surface area (Å²) in [6, 6.07) is 15.2. The first-order valence-electron chi connectivity index (χ1n) is 9.12. The zero-order chi connectivity index (χ0) is 19.1. The third-order valence-electron chi connectivity index (χ3n) is 4.65. The summed E-state index contributed by atoms with van der Waals surface area (Å²) in [4.78, 5) is 26.1. The van der Waals surface area contributed by atoms with Gasteiger partial charge in [0.25, 0.3) is 5.56 Å². The van der Waals surface area contributed by atoms with Crippen molar-refractivity contribution in [2.45, 2.75) is 33.9 Å². The molecule has 0 saturated heterocycles. The van der Waals surface area contributed by atoms with Gasteiger partial charge in [-0.1, -0.05) is 55.8 Å². The summed E-state index contributed by atoms with van der Waals surface area (Å²) < 4.78 is 4.60. The van der Waals surface area contributed by atoms with Crippen LogP contribution in [-0.2, 0) is 13.1 Å². The van der Waals surface area contributed by atoms with Crippen molar-refractivity contribution in [3.05, 3.63) is 80.5 Å². The van der Waals surface area contributed by atoms with E-state index < -0.39 is 0 Å². The standard InChI is InChI=1S/C21H22N4O2/c1-14(2)12-23-19(26)17-9-4-5-10-18(17)25-20(23)22-24(21(25)27)13-16-8-6-7-15(3)11-16/h4-11,14H,12-13H2,1-3H3. The molecule has 0 radical (unpaired) electrons. The lowest BCUT2D eigenvalue weighted by molar-refractivity contribution is 0.516. The Morgan fingerprint density at radius 3 is 2.56 bits per heavy atom. The third kappa shape index (κ3) is 2.97. The van der Waals surface area contributed by atoms with Crippen LogP contribution < -0.4 is 11.2 Å². The van der Waals surface area contributed by atoms with Gasteiger partial charge in [-0.2, -0.15) is 0 Å². The van der Waals surface area contributed by atoms with E-state index in [2.05, 4.69) is 5.10 Å². The summed E-state index contributed by atoms with van der Waals surface area (Å²) in [5, 5.41) is 5.06. The molecule has 0 aliphatic heterocycles. The van der Waals surface area contributed by atoms with Crippen LogP contribution in [0.25, 0.3) is 16.7 Å². The third-order valence-corrected chi connectivity index (χ3v) is 4.65. The summed E-state index contributed by atoms with van der Waals surface area (Å²) in [5.41, 5.74) is 2.38. The van der Waals surface area contributed by atoms with E-state index in [1.165, 1.54) is 4.68 Å². The van der Waals surface area contributed by atoms with E-state index in [1.54, 1.807) is 21.1 Å². The Morgan fingerprint density at radius 2 is 1.81 bits per heavy atom. The van der Waals surface area contributed by atoms with Crippen LogP contribution in [0.2, 0.25) is 0 Å². The van der Waals surface area contributed by atoms with Crippen LogP contribution in [0.5, 0.6) is 0 Å². The lowest BCUT2D eigenvalue weighted by atomic mass is 10.1. The van der Waals surface area contributed by atoms with E-state index in [0.717, 1.165) is 11.1 Å². The molecule has 0 fully saturated rings. The average Bonchev–Trinajstić information content (AvgIpc) is 2.95. The summed E-state index contributed by atoms with van der Waals surface area (Å²) in [5.74, 6) is 0.648. The number of hydrogen-bond donors (Lipinski definition) is 0. The van der Waals surface area contributed by atoms with Gasteiger partial charge >= 0.3 is 5.69 Å². The van der Waals surface area contributed by atoms with Crippen molar-refractivity contribution < 1.29 is 0 Å². The Morgan fingerprint density at radius 1 is 1.04 bits per heavy atom. The smallest absolute Gasteiger partial charge is 0.276 e. The van der Waals surface area contributed by atoms with Crippen LogP contribution in [0.15, 0.2) is 58.1 Å². The molecule has 2 heterocycles. The van der Waals surface area contributed by atoms with E-state index >= 15 is 0 Å². The zero-order valence-electron chi connectivity index (χ0n) is 15.7. The number of benzene rings is 2. The Labute approximate surface area is 156 Å². The van der Waals surface area contributed by atoms with Crippen molar-refractivity contribution in [3.8, 4) is 0 Å². The molecule has 4 rings (SSSR count). The van der Waals surface area contributed by atoms with Crippen LogP contribution in [0, 0.1) is 12.8 Å². The van der Waals surface area contributed by atoms with Crippen molar-refractivity contribution in [1.82, 2.24) is 18.7 Å². The molecule has 0 amide bonds. The second-order valence-electron chi connectivity index (χ2n) is 7.39. The highest BCUT2D eigenvalue weighted by molar-refractivity contribution is 5.80. The molecule has 0 spiro atoms. The fraction of sp³-hybridized carbons (Fsp3) is 0.286. The van der Waals surface area contributed by atoms with Gasteiger partial charge in [-0.15, -0.1) is 5.10 Å². The molecular weight excluding hydrogens is 340 g/mol. The molecule has 0 aliphatic rings. The lowest BCUT2D eigenvalue weighted by Gasteiger charge is -2.11. The van der Waals surface area contributed by atoms with Crippen LogP contribution >= 0.6 is 0 Å². The van der Waals surface area contributed by atoms with Gasteiger partial charge in [0, 0.05) is 6.54 Å². The fourth-order valence-electron chi connectivity index (χ4n) is 3.48. The van der Waals surface area contributed by atoms with E-state index in [1.807, 2.05) is 57.2 Å². The minimum Gasteiger partial charge on any atom is -0.276 e. The number of nitrogens with zero attached hydrogens (tertiary/aromatic N) is 4. The SMILES string of the molecule is Cc1cccc(Cn2nc3n(CC(C)C)c(=O)c4ccccc4n3c2=O)c1. The highest BCUT2D eigenvalue weighted by Crippen LogP contribution is 2.13. The normalized spacial score (nSPS) is 11.7. The van der Waals surface area contributed by atoms with Gasteiger partial charge < -0.3 is 0 Å². The highest BCUT2D eigenvalue weighted by atomic mass is 16.2. The Balaban J connectivity index is 2.01. The minimum atomic E-state index is -0.236. The number of para-hydroxylation sites is 1. The highest BCUT2D eigenvalue weighted by Gasteiger charge is 2.17. The van der Waals surface area contributed by atoms with E-state index in [-0.39, 0.29) is 17.2 Å². The summed E-state index contributed by atoms with van der Waals surface area (Å²) >= 11 is 0. The fourth-order valence-corrected chi connectivity index (χ4v) is 3.48. The molecule has 4 aromatic rings. The van der Waals surface area contributed by atoms with Gasteiger partial charge in [-0.05, 0) is 30.5 Å². The Bertz CT molecular complexity index is 1260. The molecule has 0 N–H and O–H groups in total. The predicted octanol–water partition coefficient (Wildman–Crippen LogP) is 2.82. The van der Waals surface area contributed by atoms with Crippen molar-refractivity contribution in [2.24, 2.45) is 5.92 Å². The largest absolute Gasteiger partial charge is 0.352 e. The van der Waals surface area contributed by atoms with Crippen molar-refractivity contribution in [1.29, 1.82) is 0 Å². The quantitative estimate of drug-likeness (QED) is 0.561. The molecule has 0 atom stereocenters. The van der Waals surface area contributed by atoms with Crippen molar-refractivity contribution >= 4 is 16.7 Å². The number of fused-ring (bicyclic) bond motifs is 3. The molecule has 6 nitrogen and oxygen atoms in total. The molecule has 2 aromatic carbocycles. The maximum atomic E-state index is 13.1. The number of aryl methyl sites for hydroxylation is 1. The molecule has 0 bridgehead atoms. The second kappa shape index (κ2) is 6.54. The van der Waals surface area contributed by atoms with Gasteiger partial charge in [0.2, 0.25) is 5.78 Å². The van der Waals surface area contributed by atoms with Gasteiger partial charge in [0.1, 0.15) is 0 Å². The van der Waals surface area contributed by atoms with E-state index in [9.17, 15) is 9.59 Å². The first-order chi connectivity index (χ1) is 13.0. The summed E-state index contributed by atoms with van der Waals surface area (Å²) in [6.45, 7) is 6.98. The van der Waals surface area contributed by atoms with Crippen LogP contribution in [0.3, 0.4) is 0 Å². The number of aromatic nitrogens is 4. The van der Waals surface area contributed by atoms with Gasteiger partial charge in [-0.3, -0.25) is 9.36 Å². The first-order valence-corrected chi connectivity index (χ1v) is 9.12. The molecule has 138 valence electrons. The van der Waals surface area contributed by atoms with Gasteiger partial charge in [-0.25, -0.2) is 13.9 Å². The summed E-state index contributed by atoms with van der Waals surface area (Å²) in [6.07, 6.45) is 0. The monoisotopic (exact) mass is 362 g/mol. The molecular formula is C21H22N4O2. The average molecular weight is 362 g/mol. The molecule has 0 unspecified atom stereocenters. The van der Waals surface area contributed by atoms with Gasteiger partial charge in [0.05, 0.1) is 17.4 Å². The van der Waals surface area contributed by atoms with E-state index in [4.69, 9.17) is 0 Å². The van der Waals surface area contributed by atoms with E-state index in [0.29, 0.717) is 29.8 Å². The Hall–Kier alpha value is -3.15. The summed E-state index contributed by atoms with van der Waals surface area (Å²) in [7, 11) is 0. The number of hydrogen-bond acceptors (Lipinski definition) is 3. The van der Waals surface area contributed by atoms with Crippen LogP contribution in [0.4, 0.5) is 0 Å². The molecule has 6 heteroatoms. The van der Waals surface area contributed by atoms with Gasteiger partial charge in [0.15, 0.2) is 0 Å². The molecule has 2 aromatic heterocycles. The molecule has 27 heavy (non-hydrogen) atoms. The molecule has 0 aliphatic carbocycles. The predicted molar refractivity (Wildman–Crippen MR) is 106 cm³/mol. The van der Waals surface area contributed by atoms with Crippen molar-refractivity contribution in [2.75, 3.05) is 0 Å². The first kappa shape index (κ1) is 17.3. The van der Waals surface area contributed by atoms with Crippen LogP contribution in [0.1, 0.15) is 25.0 Å². The second-order valence-corrected chi connectivity index (χ2v) is 7.39. The maximum Gasteiger partial charge on any atom is 0.352 e. The maximum absolute atomic E-state index is 13.1. The Kier molecular flexibility index (Phi) is 4.18. The minimum absolute atomic E-state index is 0.112. The molecule has 0 saturated carbocycles. The topological polar surface area (TPSA) is 61.3 Å². The lowest BCUT2D eigenvalue weighted by Crippen LogP contribution is -2.27. The van der Waals surface area contributed by atoms with Crippen LogP contribution in [-0.4, -0.2) is 18.7 Å². The number of rotatable bonds is 4. The van der Waals surface area contributed by atoms with Crippen molar-refractivity contribution in [3.63, 3.8) is 0 Å².